The van der Waals surface area contributed by atoms with Crippen LogP contribution in [0.3, 0.4) is 0 Å². The highest BCUT2D eigenvalue weighted by Crippen LogP contribution is 2.41. The predicted octanol–water partition coefficient (Wildman–Crippen LogP) is 4.47. The molecule has 0 N–H and O–H groups in total. The molecule has 0 unspecified atom stereocenters. The SMILES string of the molecule is C1=CC(c2cccc3c2Cc2ccccc2-3)C=C1. The zero-order valence-corrected chi connectivity index (χ0v) is 10.1. The maximum Gasteiger partial charge on any atom is 0.0207 e. The first-order valence-electron chi connectivity index (χ1n) is 6.48. The normalized spacial score (nSPS) is 16.0. The topological polar surface area (TPSA) is 0 Å². The Morgan fingerprint density at radius 2 is 1.56 bits per heavy atom. The smallest absolute Gasteiger partial charge is 0.0207 e. The Labute approximate surface area is 107 Å². The fourth-order valence-corrected chi connectivity index (χ4v) is 3.13. The van der Waals surface area contributed by atoms with E-state index in [-0.39, 0.29) is 0 Å². The molecule has 0 spiro atoms. The van der Waals surface area contributed by atoms with Gasteiger partial charge in [0.05, 0.1) is 0 Å². The molecule has 4 rings (SSSR count). The zero-order valence-electron chi connectivity index (χ0n) is 10.1. The number of rotatable bonds is 1. The van der Waals surface area contributed by atoms with Gasteiger partial charge in [0.1, 0.15) is 0 Å². The Bertz CT molecular complexity index is 662. The maximum absolute atomic E-state index is 2.28. The molecule has 0 saturated heterocycles. The quantitative estimate of drug-likeness (QED) is 0.578. The Morgan fingerprint density at radius 1 is 0.778 bits per heavy atom. The van der Waals surface area contributed by atoms with Crippen molar-refractivity contribution >= 4 is 0 Å². The lowest BCUT2D eigenvalue weighted by Gasteiger charge is -2.12. The molecule has 0 amide bonds. The molecular weight excluding hydrogens is 216 g/mol. The molecule has 0 heteroatoms. The van der Waals surface area contributed by atoms with Crippen molar-refractivity contribution in [2.45, 2.75) is 12.3 Å². The lowest BCUT2D eigenvalue weighted by atomic mass is 9.92. The van der Waals surface area contributed by atoms with E-state index in [9.17, 15) is 0 Å². The van der Waals surface area contributed by atoms with Crippen molar-refractivity contribution in [3.05, 3.63) is 83.5 Å². The molecule has 0 bridgehead atoms. The highest BCUT2D eigenvalue weighted by molar-refractivity contribution is 5.78. The van der Waals surface area contributed by atoms with Crippen molar-refractivity contribution in [1.82, 2.24) is 0 Å². The van der Waals surface area contributed by atoms with Crippen molar-refractivity contribution < 1.29 is 0 Å². The Balaban J connectivity index is 1.91. The monoisotopic (exact) mass is 230 g/mol. The van der Waals surface area contributed by atoms with E-state index in [1.54, 1.807) is 0 Å². The van der Waals surface area contributed by atoms with E-state index in [0.717, 1.165) is 6.42 Å². The predicted molar refractivity (Wildman–Crippen MR) is 75.7 cm³/mol. The molecule has 2 aromatic rings. The van der Waals surface area contributed by atoms with Gasteiger partial charge in [-0.15, -0.1) is 0 Å². The van der Waals surface area contributed by atoms with Gasteiger partial charge in [0.15, 0.2) is 0 Å². The van der Waals surface area contributed by atoms with Crippen LogP contribution < -0.4 is 0 Å². The first-order chi connectivity index (χ1) is 8.93. The van der Waals surface area contributed by atoms with Crippen LogP contribution in [-0.2, 0) is 6.42 Å². The maximum atomic E-state index is 2.28. The number of hydrogen-bond acceptors (Lipinski definition) is 0. The van der Waals surface area contributed by atoms with Crippen LogP contribution in [0.15, 0.2) is 66.8 Å². The molecule has 2 aromatic carbocycles. The van der Waals surface area contributed by atoms with Gasteiger partial charge in [-0.2, -0.15) is 0 Å². The van der Waals surface area contributed by atoms with Gasteiger partial charge in [0.25, 0.3) is 0 Å². The van der Waals surface area contributed by atoms with E-state index in [4.69, 9.17) is 0 Å². The minimum atomic E-state index is 0.467. The molecule has 0 atom stereocenters. The second-order valence-electron chi connectivity index (χ2n) is 5.00. The van der Waals surface area contributed by atoms with Gasteiger partial charge >= 0.3 is 0 Å². The Hall–Kier alpha value is -2.08. The standard InChI is InChI=1S/C18H14/c1-2-7-13(6-1)15-10-5-11-17-16-9-4-3-8-14(16)12-18(15)17/h1-11,13H,12H2. The van der Waals surface area contributed by atoms with E-state index >= 15 is 0 Å². The van der Waals surface area contributed by atoms with Crippen LogP contribution in [0.5, 0.6) is 0 Å². The van der Waals surface area contributed by atoms with Crippen LogP contribution in [0.2, 0.25) is 0 Å². The highest BCUT2D eigenvalue weighted by Gasteiger charge is 2.22. The second kappa shape index (κ2) is 3.71. The molecule has 0 fully saturated rings. The highest BCUT2D eigenvalue weighted by atomic mass is 14.3. The molecule has 0 aliphatic heterocycles. The third-order valence-electron chi connectivity index (χ3n) is 3.99. The van der Waals surface area contributed by atoms with Crippen LogP contribution in [0, 0.1) is 0 Å². The number of hydrogen-bond donors (Lipinski definition) is 0. The number of benzene rings is 2. The Morgan fingerprint density at radius 3 is 2.44 bits per heavy atom. The number of allylic oxidation sites excluding steroid dienone is 4. The van der Waals surface area contributed by atoms with E-state index < -0.39 is 0 Å². The molecule has 0 saturated carbocycles. The van der Waals surface area contributed by atoms with Crippen LogP contribution in [-0.4, -0.2) is 0 Å². The summed E-state index contributed by atoms with van der Waals surface area (Å²) in [5, 5.41) is 0. The largest absolute Gasteiger partial charge is 0.0732 e. The molecule has 0 heterocycles. The summed E-state index contributed by atoms with van der Waals surface area (Å²) in [5.74, 6) is 0.467. The van der Waals surface area contributed by atoms with Crippen molar-refractivity contribution in [3.63, 3.8) is 0 Å². The van der Waals surface area contributed by atoms with E-state index in [1.165, 1.54) is 27.8 Å². The molecule has 86 valence electrons. The third-order valence-corrected chi connectivity index (χ3v) is 3.99. The van der Waals surface area contributed by atoms with Crippen molar-refractivity contribution in [1.29, 1.82) is 0 Å². The van der Waals surface area contributed by atoms with Gasteiger partial charge in [-0.3, -0.25) is 0 Å². The van der Waals surface area contributed by atoms with Crippen molar-refractivity contribution in [2.24, 2.45) is 0 Å². The van der Waals surface area contributed by atoms with Crippen LogP contribution in [0.1, 0.15) is 22.6 Å². The summed E-state index contributed by atoms with van der Waals surface area (Å²) in [6.07, 6.45) is 9.93. The molecule has 0 aromatic heterocycles. The first kappa shape index (κ1) is 9.90. The average Bonchev–Trinajstić information content (AvgIpc) is 3.05. The summed E-state index contributed by atoms with van der Waals surface area (Å²) < 4.78 is 0. The van der Waals surface area contributed by atoms with Gasteiger partial charge in [-0.05, 0) is 34.2 Å². The van der Waals surface area contributed by atoms with E-state index in [0.29, 0.717) is 5.92 Å². The summed E-state index contributed by atoms with van der Waals surface area (Å²) in [6.45, 7) is 0. The van der Waals surface area contributed by atoms with Crippen molar-refractivity contribution in [2.75, 3.05) is 0 Å². The average molecular weight is 230 g/mol. The minimum Gasteiger partial charge on any atom is -0.0732 e. The summed E-state index contributed by atoms with van der Waals surface area (Å²) >= 11 is 0. The van der Waals surface area contributed by atoms with Crippen molar-refractivity contribution in [3.8, 4) is 11.1 Å². The van der Waals surface area contributed by atoms with Gasteiger partial charge in [0.2, 0.25) is 0 Å². The Kier molecular flexibility index (Phi) is 2.04. The van der Waals surface area contributed by atoms with Gasteiger partial charge in [-0.25, -0.2) is 0 Å². The lowest BCUT2D eigenvalue weighted by Crippen LogP contribution is -1.95. The molecular formula is C18H14. The van der Waals surface area contributed by atoms with Crippen LogP contribution in [0.25, 0.3) is 11.1 Å². The fraction of sp³-hybridized carbons (Fsp3) is 0.111. The minimum absolute atomic E-state index is 0.467. The van der Waals surface area contributed by atoms with Crippen LogP contribution in [0.4, 0.5) is 0 Å². The molecule has 0 nitrogen and oxygen atoms in total. The summed E-state index contributed by atoms with van der Waals surface area (Å²) in [6, 6.07) is 15.5. The molecule has 18 heavy (non-hydrogen) atoms. The van der Waals surface area contributed by atoms with E-state index in [1.807, 2.05) is 0 Å². The van der Waals surface area contributed by atoms with E-state index in [2.05, 4.69) is 66.8 Å². The fourth-order valence-electron chi connectivity index (χ4n) is 3.13. The van der Waals surface area contributed by atoms with Crippen LogP contribution >= 0.6 is 0 Å². The first-order valence-corrected chi connectivity index (χ1v) is 6.48. The lowest BCUT2D eigenvalue weighted by molar-refractivity contribution is 1.06. The summed E-state index contributed by atoms with van der Waals surface area (Å²) in [4.78, 5) is 0. The summed E-state index contributed by atoms with van der Waals surface area (Å²) in [7, 11) is 0. The summed E-state index contributed by atoms with van der Waals surface area (Å²) in [5.41, 5.74) is 7.29. The van der Waals surface area contributed by atoms with Gasteiger partial charge in [-0.1, -0.05) is 66.8 Å². The molecule has 2 aliphatic carbocycles. The molecule has 0 radical (unpaired) electrons. The zero-order chi connectivity index (χ0) is 11.9. The van der Waals surface area contributed by atoms with Gasteiger partial charge in [0, 0.05) is 5.92 Å². The second-order valence-corrected chi connectivity index (χ2v) is 5.00. The molecule has 2 aliphatic rings. The third kappa shape index (κ3) is 1.32. The number of fused-ring (bicyclic) bond motifs is 3. The van der Waals surface area contributed by atoms with Gasteiger partial charge < -0.3 is 0 Å².